The van der Waals surface area contributed by atoms with E-state index in [2.05, 4.69) is 22.0 Å². The minimum Gasteiger partial charge on any atom is -0.204 e. The summed E-state index contributed by atoms with van der Waals surface area (Å²) in [5.41, 5.74) is 1.92. The molecule has 3 rings (SSSR count). The van der Waals surface area contributed by atoms with Crippen molar-refractivity contribution in [2.45, 2.75) is 17.0 Å². The first-order valence-corrected chi connectivity index (χ1v) is 9.30. The number of thioether (sulfide) groups is 1. The van der Waals surface area contributed by atoms with Gasteiger partial charge >= 0.3 is 0 Å². The fourth-order valence-corrected chi connectivity index (χ4v) is 5.74. The summed E-state index contributed by atoms with van der Waals surface area (Å²) in [6.45, 7) is 0. The number of rotatable bonds is 2. The maximum absolute atomic E-state index is 13.4. The van der Waals surface area contributed by atoms with Crippen LogP contribution >= 0.6 is 50.6 Å². The van der Waals surface area contributed by atoms with Crippen molar-refractivity contribution in [3.05, 3.63) is 55.7 Å². The summed E-state index contributed by atoms with van der Waals surface area (Å²) in [4.78, 5) is 2.28. The highest BCUT2D eigenvalue weighted by atomic mass is 79.9. The average molecular weight is 396 g/mol. The van der Waals surface area contributed by atoms with Gasteiger partial charge in [0.15, 0.2) is 11.6 Å². The van der Waals surface area contributed by atoms with Gasteiger partial charge in [-0.05, 0) is 41.5 Å². The molecule has 0 saturated carbocycles. The summed E-state index contributed by atoms with van der Waals surface area (Å²) >= 11 is 13.2. The summed E-state index contributed by atoms with van der Waals surface area (Å²) in [6.07, 6.45) is 1.08. The van der Waals surface area contributed by atoms with E-state index in [1.807, 2.05) is 11.8 Å². The zero-order chi connectivity index (χ0) is 14.3. The molecule has 6 heteroatoms. The third-order valence-corrected chi connectivity index (χ3v) is 7.14. The topological polar surface area (TPSA) is 0 Å². The lowest BCUT2D eigenvalue weighted by molar-refractivity contribution is 0.507. The summed E-state index contributed by atoms with van der Waals surface area (Å²) in [7, 11) is 0. The molecule has 20 heavy (non-hydrogen) atoms. The van der Waals surface area contributed by atoms with Crippen LogP contribution in [0.25, 0.3) is 0 Å². The third-order valence-electron chi connectivity index (χ3n) is 3.21. The Hall–Kier alpha value is -0.100. The first-order chi connectivity index (χ1) is 9.56. The molecule has 1 aromatic heterocycles. The van der Waals surface area contributed by atoms with Crippen LogP contribution in [0.4, 0.5) is 8.78 Å². The van der Waals surface area contributed by atoms with Crippen LogP contribution in [0.1, 0.15) is 25.7 Å². The molecule has 1 aliphatic heterocycles. The van der Waals surface area contributed by atoms with Crippen LogP contribution in [0.5, 0.6) is 0 Å². The normalized spacial score (nSPS) is 16.0. The molecule has 0 aliphatic carbocycles. The second-order valence-corrected chi connectivity index (χ2v) is 8.15. The maximum Gasteiger partial charge on any atom is 0.160 e. The summed E-state index contributed by atoms with van der Waals surface area (Å²) in [5.74, 6) is 0.383. The van der Waals surface area contributed by atoms with Gasteiger partial charge in [-0.15, -0.1) is 11.3 Å². The maximum atomic E-state index is 13.4. The minimum absolute atomic E-state index is 0.203. The quantitative estimate of drug-likeness (QED) is 0.447. The molecule has 0 saturated heterocycles. The van der Waals surface area contributed by atoms with Gasteiger partial charge in [0, 0.05) is 20.5 Å². The van der Waals surface area contributed by atoms with Gasteiger partial charge in [0.1, 0.15) is 0 Å². The Morgan fingerprint density at radius 3 is 2.70 bits per heavy atom. The summed E-state index contributed by atoms with van der Waals surface area (Å²) < 4.78 is 26.5. The van der Waals surface area contributed by atoms with E-state index in [0.29, 0.717) is 5.56 Å². The zero-order valence-electron chi connectivity index (χ0n) is 10.3. The molecule has 0 bridgehead atoms. The smallest absolute Gasteiger partial charge is 0.160 e. The van der Waals surface area contributed by atoms with Crippen LogP contribution < -0.4 is 0 Å². The van der Waals surface area contributed by atoms with E-state index in [9.17, 15) is 8.78 Å². The van der Waals surface area contributed by atoms with E-state index in [1.165, 1.54) is 16.5 Å². The van der Waals surface area contributed by atoms with E-state index >= 15 is 0 Å². The van der Waals surface area contributed by atoms with E-state index in [-0.39, 0.29) is 9.85 Å². The van der Waals surface area contributed by atoms with Gasteiger partial charge in [-0.3, -0.25) is 0 Å². The monoisotopic (exact) mass is 394 g/mol. The molecule has 0 radical (unpaired) electrons. The van der Waals surface area contributed by atoms with Crippen LogP contribution in [0.3, 0.4) is 0 Å². The highest BCUT2D eigenvalue weighted by Crippen LogP contribution is 2.42. The highest BCUT2D eigenvalue weighted by molar-refractivity contribution is 9.09. The van der Waals surface area contributed by atoms with Crippen molar-refractivity contribution in [1.82, 2.24) is 0 Å². The molecule has 0 nitrogen and oxygen atoms in total. The molecule has 1 aliphatic rings. The van der Waals surface area contributed by atoms with Gasteiger partial charge in [-0.25, -0.2) is 8.78 Å². The lowest BCUT2D eigenvalue weighted by atomic mass is 10.1. The Balaban J connectivity index is 1.98. The second-order valence-electron chi connectivity index (χ2n) is 4.55. The third kappa shape index (κ3) is 2.78. The lowest BCUT2D eigenvalue weighted by Crippen LogP contribution is -1.96. The molecule has 0 fully saturated rings. The van der Waals surface area contributed by atoms with Crippen molar-refractivity contribution in [3.8, 4) is 0 Å². The zero-order valence-corrected chi connectivity index (χ0v) is 14.2. The largest absolute Gasteiger partial charge is 0.204 e. The van der Waals surface area contributed by atoms with Crippen LogP contribution in [0, 0.1) is 11.6 Å². The van der Waals surface area contributed by atoms with Crippen LogP contribution in [0.2, 0.25) is 5.02 Å². The van der Waals surface area contributed by atoms with E-state index < -0.39 is 11.6 Å². The second kappa shape index (κ2) is 5.95. The molecular weight excluding hydrogens is 386 g/mol. The molecular formula is C14H10BrClF2S2. The van der Waals surface area contributed by atoms with Gasteiger partial charge in [0.25, 0.3) is 0 Å². The number of hydrogen-bond acceptors (Lipinski definition) is 2. The minimum atomic E-state index is -0.916. The number of aryl methyl sites for hydroxylation is 1. The van der Waals surface area contributed by atoms with Crippen LogP contribution in [-0.4, -0.2) is 5.75 Å². The van der Waals surface area contributed by atoms with Gasteiger partial charge in [-0.2, -0.15) is 11.8 Å². The van der Waals surface area contributed by atoms with E-state index in [1.54, 1.807) is 11.3 Å². The van der Waals surface area contributed by atoms with Crippen molar-refractivity contribution in [3.63, 3.8) is 0 Å². The predicted molar refractivity (Wildman–Crippen MR) is 86.3 cm³/mol. The number of alkyl halides is 1. The van der Waals surface area contributed by atoms with Crippen molar-refractivity contribution in [2.24, 2.45) is 0 Å². The number of benzene rings is 1. The first kappa shape index (κ1) is 14.8. The van der Waals surface area contributed by atoms with Crippen LogP contribution in [0.15, 0.2) is 18.2 Å². The SMILES string of the molecule is Fc1cc(Cl)c(C(Br)c2cc3c(s2)CCSC3)cc1F. The molecule has 2 aromatic rings. The van der Waals surface area contributed by atoms with Gasteiger partial charge in [0.05, 0.1) is 4.83 Å². The van der Waals surface area contributed by atoms with Crippen molar-refractivity contribution < 1.29 is 8.78 Å². The Morgan fingerprint density at radius 2 is 1.95 bits per heavy atom. The number of hydrogen-bond donors (Lipinski definition) is 0. The standard InChI is InChI=1S/C14H10BrClF2S2/c15-14(8-4-10(17)11(18)5-9(8)16)13-3-7-6-19-2-1-12(7)20-13/h3-5,14H,1-2,6H2. The Morgan fingerprint density at radius 1 is 1.20 bits per heavy atom. The Labute approximate surface area is 137 Å². The van der Waals surface area contributed by atoms with Crippen LogP contribution in [-0.2, 0) is 12.2 Å². The van der Waals surface area contributed by atoms with E-state index in [4.69, 9.17) is 11.6 Å². The predicted octanol–water partition coefficient (Wildman–Crippen LogP) is 5.95. The van der Waals surface area contributed by atoms with Crippen molar-refractivity contribution >= 4 is 50.6 Å². The molecule has 1 atom stereocenters. The molecule has 2 heterocycles. The summed E-state index contributed by atoms with van der Waals surface area (Å²) in [6, 6.07) is 4.34. The fourth-order valence-electron chi connectivity index (χ4n) is 2.18. The average Bonchev–Trinajstić information content (AvgIpc) is 2.86. The number of fused-ring (bicyclic) bond motifs is 1. The molecule has 1 unspecified atom stereocenters. The highest BCUT2D eigenvalue weighted by Gasteiger charge is 2.22. The number of thiophene rings is 1. The van der Waals surface area contributed by atoms with Gasteiger partial charge in [-0.1, -0.05) is 27.5 Å². The van der Waals surface area contributed by atoms with Gasteiger partial charge in [0.2, 0.25) is 0 Å². The summed E-state index contributed by atoms with van der Waals surface area (Å²) in [5, 5.41) is 0.242. The number of halogens is 4. The first-order valence-electron chi connectivity index (χ1n) is 6.04. The van der Waals surface area contributed by atoms with E-state index in [0.717, 1.165) is 28.9 Å². The molecule has 106 valence electrons. The fraction of sp³-hybridized carbons (Fsp3) is 0.286. The van der Waals surface area contributed by atoms with Gasteiger partial charge < -0.3 is 0 Å². The molecule has 1 aromatic carbocycles. The molecule has 0 N–H and O–H groups in total. The Kier molecular flexibility index (Phi) is 4.41. The Bertz CT molecular complexity index is 633. The van der Waals surface area contributed by atoms with Crippen molar-refractivity contribution in [2.75, 3.05) is 5.75 Å². The molecule has 0 amide bonds. The lowest BCUT2D eigenvalue weighted by Gasteiger charge is -2.10. The molecule has 0 spiro atoms. The van der Waals surface area contributed by atoms with Crippen molar-refractivity contribution in [1.29, 1.82) is 0 Å².